The molecule has 0 aromatic heterocycles. The van der Waals surface area contributed by atoms with E-state index in [1.165, 1.54) is 0 Å². The third kappa shape index (κ3) is 3.35. The Balaban J connectivity index is 2.95. The molecule has 0 radical (unpaired) electrons. The van der Waals surface area contributed by atoms with Crippen LogP contribution in [0.5, 0.6) is 0 Å². The second-order valence-corrected chi connectivity index (χ2v) is 4.57. The molecule has 0 fully saturated rings. The molecule has 0 spiro atoms. The molecule has 0 amide bonds. The topological polar surface area (TPSA) is 50.1 Å². The SMILES string of the molecule is CCOC(=O)Cc1cc(I)c(Cl)c(C#N)c1. The first-order valence-corrected chi connectivity index (χ1v) is 6.07. The Bertz CT molecular complexity index is 454. The van der Waals surface area contributed by atoms with Crippen molar-refractivity contribution in [3.05, 3.63) is 31.9 Å². The van der Waals surface area contributed by atoms with Crippen molar-refractivity contribution in [3.63, 3.8) is 0 Å². The number of esters is 1. The highest BCUT2D eigenvalue weighted by molar-refractivity contribution is 14.1. The van der Waals surface area contributed by atoms with Crippen LogP contribution in [0.2, 0.25) is 5.02 Å². The average molecular weight is 350 g/mol. The predicted octanol–water partition coefficient (Wildman–Crippen LogP) is 2.92. The van der Waals surface area contributed by atoms with Crippen molar-refractivity contribution in [1.82, 2.24) is 0 Å². The minimum atomic E-state index is -0.301. The van der Waals surface area contributed by atoms with E-state index in [-0.39, 0.29) is 12.4 Å². The van der Waals surface area contributed by atoms with Crippen molar-refractivity contribution in [3.8, 4) is 6.07 Å². The monoisotopic (exact) mass is 349 g/mol. The standard InChI is InChI=1S/C11H9ClINO2/c1-2-16-10(15)5-7-3-8(6-14)11(12)9(13)4-7/h3-4H,2,5H2,1H3. The second-order valence-electron chi connectivity index (χ2n) is 3.03. The fraction of sp³-hybridized carbons (Fsp3) is 0.273. The number of hydrogen-bond acceptors (Lipinski definition) is 3. The van der Waals surface area contributed by atoms with Crippen LogP contribution in [-0.2, 0) is 16.0 Å². The maximum Gasteiger partial charge on any atom is 0.310 e. The van der Waals surface area contributed by atoms with E-state index in [0.29, 0.717) is 17.2 Å². The quantitative estimate of drug-likeness (QED) is 0.623. The molecule has 0 saturated carbocycles. The molecule has 5 heteroatoms. The molecular weight excluding hydrogens is 340 g/mol. The van der Waals surface area contributed by atoms with Gasteiger partial charge in [-0.05, 0) is 47.2 Å². The highest BCUT2D eigenvalue weighted by atomic mass is 127. The number of carbonyl (C=O) groups is 1. The van der Waals surface area contributed by atoms with Gasteiger partial charge in [-0.3, -0.25) is 4.79 Å². The third-order valence-corrected chi connectivity index (χ3v) is 3.44. The van der Waals surface area contributed by atoms with Crippen LogP contribution in [-0.4, -0.2) is 12.6 Å². The van der Waals surface area contributed by atoms with Gasteiger partial charge in [0.15, 0.2) is 0 Å². The van der Waals surface area contributed by atoms with Crippen molar-refractivity contribution >= 4 is 40.2 Å². The summed E-state index contributed by atoms with van der Waals surface area (Å²) in [5.74, 6) is -0.301. The summed E-state index contributed by atoms with van der Waals surface area (Å²) < 4.78 is 5.59. The number of halogens is 2. The molecule has 0 unspecified atom stereocenters. The van der Waals surface area contributed by atoms with Crippen LogP contribution in [0.3, 0.4) is 0 Å². The van der Waals surface area contributed by atoms with Crippen LogP contribution in [0.15, 0.2) is 12.1 Å². The Morgan fingerprint density at radius 3 is 2.88 bits per heavy atom. The zero-order chi connectivity index (χ0) is 12.1. The number of carbonyl (C=O) groups excluding carboxylic acids is 1. The van der Waals surface area contributed by atoms with Gasteiger partial charge in [-0.2, -0.15) is 5.26 Å². The van der Waals surface area contributed by atoms with E-state index in [9.17, 15) is 4.79 Å². The Morgan fingerprint density at radius 2 is 2.31 bits per heavy atom. The summed E-state index contributed by atoms with van der Waals surface area (Å²) in [4.78, 5) is 11.3. The second kappa shape index (κ2) is 6.06. The Hall–Kier alpha value is -0.800. The Kier molecular flexibility index (Phi) is 5.03. The summed E-state index contributed by atoms with van der Waals surface area (Å²) in [5.41, 5.74) is 1.12. The zero-order valence-corrected chi connectivity index (χ0v) is 11.5. The molecule has 0 aliphatic carbocycles. The largest absolute Gasteiger partial charge is 0.466 e. The van der Waals surface area contributed by atoms with Gasteiger partial charge >= 0.3 is 5.97 Å². The molecular formula is C11H9ClINO2. The van der Waals surface area contributed by atoms with Gasteiger partial charge in [0.05, 0.1) is 23.6 Å². The number of nitriles is 1. The lowest BCUT2D eigenvalue weighted by molar-refractivity contribution is -0.142. The molecule has 1 aromatic carbocycles. The maximum absolute atomic E-state index is 11.3. The van der Waals surface area contributed by atoms with Crippen molar-refractivity contribution < 1.29 is 9.53 Å². The lowest BCUT2D eigenvalue weighted by Crippen LogP contribution is -2.07. The van der Waals surface area contributed by atoms with Crippen molar-refractivity contribution in [1.29, 1.82) is 5.26 Å². The Morgan fingerprint density at radius 1 is 1.62 bits per heavy atom. The molecule has 0 aliphatic heterocycles. The highest BCUT2D eigenvalue weighted by Gasteiger charge is 2.10. The van der Waals surface area contributed by atoms with Crippen LogP contribution < -0.4 is 0 Å². The summed E-state index contributed by atoms with van der Waals surface area (Å²) in [7, 11) is 0. The lowest BCUT2D eigenvalue weighted by atomic mass is 10.1. The molecule has 1 aromatic rings. The molecule has 3 nitrogen and oxygen atoms in total. The fourth-order valence-electron chi connectivity index (χ4n) is 1.21. The number of nitrogens with zero attached hydrogens (tertiary/aromatic N) is 1. The van der Waals surface area contributed by atoms with Gasteiger partial charge < -0.3 is 4.74 Å². The van der Waals surface area contributed by atoms with Crippen LogP contribution in [0.25, 0.3) is 0 Å². The van der Waals surface area contributed by atoms with Crippen LogP contribution in [0, 0.1) is 14.9 Å². The normalized spacial score (nSPS) is 9.62. The van der Waals surface area contributed by atoms with E-state index < -0.39 is 0 Å². The summed E-state index contributed by atoms with van der Waals surface area (Å²) in [5, 5.41) is 9.28. The van der Waals surface area contributed by atoms with E-state index >= 15 is 0 Å². The van der Waals surface area contributed by atoms with Gasteiger partial charge in [-0.15, -0.1) is 0 Å². The van der Waals surface area contributed by atoms with Crippen LogP contribution >= 0.6 is 34.2 Å². The smallest absolute Gasteiger partial charge is 0.310 e. The first kappa shape index (κ1) is 13.3. The third-order valence-electron chi connectivity index (χ3n) is 1.86. The molecule has 0 aliphatic rings. The van der Waals surface area contributed by atoms with Gasteiger partial charge in [-0.25, -0.2) is 0 Å². The summed E-state index contributed by atoms with van der Waals surface area (Å²) in [6.45, 7) is 2.11. The first-order chi connectivity index (χ1) is 7.58. The molecule has 0 heterocycles. The number of rotatable bonds is 3. The van der Waals surface area contributed by atoms with Gasteiger partial charge in [-0.1, -0.05) is 11.6 Å². The number of benzene rings is 1. The van der Waals surface area contributed by atoms with Crippen LogP contribution in [0.4, 0.5) is 0 Å². The highest BCUT2D eigenvalue weighted by Crippen LogP contribution is 2.24. The predicted molar refractivity (Wildman–Crippen MR) is 69.2 cm³/mol. The van der Waals surface area contributed by atoms with Gasteiger partial charge in [0.2, 0.25) is 0 Å². The zero-order valence-electron chi connectivity index (χ0n) is 8.59. The molecule has 1 rings (SSSR count). The van der Waals surface area contributed by atoms with E-state index in [0.717, 1.165) is 9.13 Å². The first-order valence-electron chi connectivity index (χ1n) is 4.62. The summed E-state index contributed by atoms with van der Waals surface area (Å²) in [6, 6.07) is 5.38. The molecule has 0 bridgehead atoms. The molecule has 16 heavy (non-hydrogen) atoms. The van der Waals surface area contributed by atoms with Crippen molar-refractivity contribution in [2.45, 2.75) is 13.3 Å². The molecule has 0 N–H and O–H groups in total. The maximum atomic E-state index is 11.3. The molecule has 0 atom stereocenters. The van der Waals surface area contributed by atoms with Gasteiger partial charge in [0, 0.05) is 3.57 Å². The van der Waals surface area contributed by atoms with E-state index in [1.807, 2.05) is 28.7 Å². The summed E-state index contributed by atoms with van der Waals surface area (Å²) in [6.07, 6.45) is 0.162. The molecule has 0 saturated heterocycles. The van der Waals surface area contributed by atoms with E-state index in [4.69, 9.17) is 21.6 Å². The van der Waals surface area contributed by atoms with Gasteiger partial charge in [0.1, 0.15) is 6.07 Å². The minimum absolute atomic E-state index is 0.162. The minimum Gasteiger partial charge on any atom is -0.466 e. The van der Waals surface area contributed by atoms with Crippen LogP contribution in [0.1, 0.15) is 18.1 Å². The van der Waals surface area contributed by atoms with Crippen molar-refractivity contribution in [2.24, 2.45) is 0 Å². The van der Waals surface area contributed by atoms with Gasteiger partial charge in [0.25, 0.3) is 0 Å². The fourth-order valence-corrected chi connectivity index (χ4v) is 2.05. The van der Waals surface area contributed by atoms with E-state index in [1.54, 1.807) is 19.1 Å². The van der Waals surface area contributed by atoms with Crippen molar-refractivity contribution in [2.75, 3.05) is 6.61 Å². The molecule has 84 valence electrons. The number of ether oxygens (including phenoxy) is 1. The lowest BCUT2D eigenvalue weighted by Gasteiger charge is -2.05. The average Bonchev–Trinajstić information content (AvgIpc) is 2.23. The number of hydrogen-bond donors (Lipinski definition) is 0. The Labute approximate surface area is 112 Å². The summed E-state index contributed by atoms with van der Waals surface area (Å²) >= 11 is 7.95. The van der Waals surface area contributed by atoms with E-state index in [2.05, 4.69) is 0 Å².